The number of rotatable bonds is 4. The summed E-state index contributed by atoms with van der Waals surface area (Å²) in [5.41, 5.74) is 6.14. The third kappa shape index (κ3) is 2.86. The van der Waals surface area contributed by atoms with Crippen LogP contribution in [0.1, 0.15) is 29.7 Å². The maximum absolute atomic E-state index is 5.44. The van der Waals surface area contributed by atoms with Gasteiger partial charge in [-0.2, -0.15) is 0 Å². The average molecular weight is 269 g/mol. The molecule has 0 radical (unpaired) electrons. The van der Waals surface area contributed by atoms with Gasteiger partial charge >= 0.3 is 0 Å². The molecule has 0 amide bonds. The molecule has 0 aliphatic carbocycles. The molecule has 20 heavy (non-hydrogen) atoms. The molecule has 0 saturated carbocycles. The Balaban J connectivity index is 2.46. The Morgan fingerprint density at radius 1 is 1.00 bits per heavy atom. The fourth-order valence-electron chi connectivity index (χ4n) is 2.59. The first kappa shape index (κ1) is 14.6. The summed E-state index contributed by atoms with van der Waals surface area (Å²) in [6, 6.07) is 13.4. The van der Waals surface area contributed by atoms with E-state index < -0.39 is 0 Å². The molecule has 0 spiro atoms. The minimum Gasteiger partial charge on any atom is -0.496 e. The van der Waals surface area contributed by atoms with Crippen LogP contribution in [0.4, 0.5) is 0 Å². The summed E-state index contributed by atoms with van der Waals surface area (Å²) < 4.78 is 5.44. The van der Waals surface area contributed by atoms with Gasteiger partial charge in [0.2, 0.25) is 0 Å². The second kappa shape index (κ2) is 6.10. The van der Waals surface area contributed by atoms with Crippen molar-refractivity contribution in [1.82, 2.24) is 5.32 Å². The van der Waals surface area contributed by atoms with E-state index >= 15 is 0 Å². The molecule has 1 atom stereocenters. The van der Waals surface area contributed by atoms with Crippen molar-refractivity contribution in [2.45, 2.75) is 26.8 Å². The Bertz CT molecular complexity index is 581. The number of methoxy groups -OCH3 is 1. The number of aryl methyl sites for hydroxylation is 2. The summed E-state index contributed by atoms with van der Waals surface area (Å²) in [6.45, 7) is 6.36. The Kier molecular flexibility index (Phi) is 4.46. The smallest absolute Gasteiger partial charge is 0.124 e. The Labute approximate surface area is 121 Å². The van der Waals surface area contributed by atoms with E-state index in [0.717, 1.165) is 5.75 Å². The van der Waals surface area contributed by atoms with Crippen molar-refractivity contribution in [3.63, 3.8) is 0 Å². The van der Waals surface area contributed by atoms with Crippen LogP contribution in [0, 0.1) is 13.8 Å². The van der Waals surface area contributed by atoms with Crippen LogP contribution in [0.3, 0.4) is 0 Å². The first-order valence-corrected chi connectivity index (χ1v) is 6.99. The molecule has 0 heterocycles. The molecule has 0 saturated heterocycles. The lowest BCUT2D eigenvalue weighted by molar-refractivity contribution is 0.408. The van der Waals surface area contributed by atoms with Gasteiger partial charge in [-0.3, -0.25) is 0 Å². The quantitative estimate of drug-likeness (QED) is 0.895. The maximum atomic E-state index is 5.44. The Morgan fingerprint density at radius 3 is 2.20 bits per heavy atom. The van der Waals surface area contributed by atoms with Crippen molar-refractivity contribution in [3.8, 4) is 16.9 Å². The lowest BCUT2D eigenvalue weighted by Crippen LogP contribution is -2.12. The van der Waals surface area contributed by atoms with E-state index in [1.807, 2.05) is 7.05 Å². The maximum Gasteiger partial charge on any atom is 0.124 e. The average Bonchev–Trinajstić information content (AvgIpc) is 2.46. The van der Waals surface area contributed by atoms with E-state index in [2.05, 4.69) is 62.5 Å². The van der Waals surface area contributed by atoms with Crippen LogP contribution in [0.15, 0.2) is 36.4 Å². The summed E-state index contributed by atoms with van der Waals surface area (Å²) in [5.74, 6) is 0.980. The standard InChI is InChI=1S/C18H23NO/c1-12-9-17(10-13(2)18(12)20-5)16-8-6-7-15(11-16)14(3)19-4/h6-11,14,19H,1-5H3. The van der Waals surface area contributed by atoms with Crippen LogP contribution in [-0.2, 0) is 0 Å². The predicted octanol–water partition coefficient (Wildman–Crippen LogP) is 4.26. The molecule has 0 bridgehead atoms. The highest BCUT2D eigenvalue weighted by atomic mass is 16.5. The SMILES string of the molecule is CNC(C)c1cccc(-c2cc(C)c(OC)c(C)c2)c1. The van der Waals surface area contributed by atoms with E-state index in [-0.39, 0.29) is 0 Å². The fraction of sp³-hybridized carbons (Fsp3) is 0.333. The van der Waals surface area contributed by atoms with Crippen molar-refractivity contribution >= 4 is 0 Å². The van der Waals surface area contributed by atoms with E-state index in [1.54, 1.807) is 7.11 Å². The van der Waals surface area contributed by atoms with Crippen molar-refractivity contribution in [1.29, 1.82) is 0 Å². The fourth-order valence-corrected chi connectivity index (χ4v) is 2.59. The molecule has 2 nitrogen and oxygen atoms in total. The Morgan fingerprint density at radius 2 is 1.65 bits per heavy atom. The Hall–Kier alpha value is -1.80. The molecule has 0 aromatic heterocycles. The van der Waals surface area contributed by atoms with Gasteiger partial charge < -0.3 is 10.1 Å². The van der Waals surface area contributed by atoms with Crippen molar-refractivity contribution in [3.05, 3.63) is 53.1 Å². The molecule has 106 valence electrons. The first-order valence-electron chi connectivity index (χ1n) is 6.99. The van der Waals surface area contributed by atoms with Gasteiger partial charge in [0, 0.05) is 6.04 Å². The lowest BCUT2D eigenvalue weighted by Gasteiger charge is -2.14. The van der Waals surface area contributed by atoms with E-state index in [9.17, 15) is 0 Å². The van der Waals surface area contributed by atoms with E-state index in [1.165, 1.54) is 27.8 Å². The van der Waals surface area contributed by atoms with Crippen molar-refractivity contribution in [2.75, 3.05) is 14.2 Å². The zero-order chi connectivity index (χ0) is 14.7. The van der Waals surface area contributed by atoms with Gasteiger partial charge in [-0.15, -0.1) is 0 Å². The van der Waals surface area contributed by atoms with Gasteiger partial charge in [0.05, 0.1) is 7.11 Å². The van der Waals surface area contributed by atoms with Crippen LogP contribution >= 0.6 is 0 Å². The normalized spacial score (nSPS) is 12.2. The van der Waals surface area contributed by atoms with Crippen LogP contribution in [-0.4, -0.2) is 14.2 Å². The lowest BCUT2D eigenvalue weighted by atomic mass is 9.97. The van der Waals surface area contributed by atoms with E-state index in [4.69, 9.17) is 4.74 Å². The van der Waals surface area contributed by atoms with Gasteiger partial charge in [-0.25, -0.2) is 0 Å². The molecule has 2 rings (SSSR count). The summed E-state index contributed by atoms with van der Waals surface area (Å²) in [6.07, 6.45) is 0. The van der Waals surface area contributed by atoms with Crippen LogP contribution in [0.2, 0.25) is 0 Å². The number of ether oxygens (including phenoxy) is 1. The zero-order valence-corrected chi connectivity index (χ0v) is 12.9. The first-order chi connectivity index (χ1) is 9.56. The van der Waals surface area contributed by atoms with E-state index in [0.29, 0.717) is 6.04 Å². The highest BCUT2D eigenvalue weighted by Gasteiger charge is 2.08. The minimum absolute atomic E-state index is 0.357. The van der Waals surface area contributed by atoms with Crippen molar-refractivity contribution in [2.24, 2.45) is 0 Å². The summed E-state index contributed by atoms with van der Waals surface area (Å²) in [7, 11) is 3.71. The number of hydrogen-bond acceptors (Lipinski definition) is 2. The molecule has 2 heteroatoms. The monoisotopic (exact) mass is 269 g/mol. The molecule has 1 unspecified atom stereocenters. The summed E-state index contributed by atoms with van der Waals surface area (Å²) >= 11 is 0. The van der Waals surface area contributed by atoms with Gasteiger partial charge in [0.15, 0.2) is 0 Å². The number of nitrogens with one attached hydrogen (secondary N) is 1. The second-order valence-corrected chi connectivity index (χ2v) is 5.28. The molecule has 1 N–H and O–H groups in total. The zero-order valence-electron chi connectivity index (χ0n) is 12.9. The molecule has 0 fully saturated rings. The number of benzene rings is 2. The molecule has 0 aliphatic heterocycles. The van der Waals surface area contributed by atoms with Gasteiger partial charge in [-0.05, 0) is 73.8 Å². The highest BCUT2D eigenvalue weighted by molar-refractivity contribution is 5.68. The third-order valence-electron chi connectivity index (χ3n) is 3.82. The molecule has 0 aliphatic rings. The third-order valence-corrected chi connectivity index (χ3v) is 3.82. The second-order valence-electron chi connectivity index (χ2n) is 5.28. The van der Waals surface area contributed by atoms with Gasteiger partial charge in [0.25, 0.3) is 0 Å². The molecular formula is C18H23NO. The number of hydrogen-bond donors (Lipinski definition) is 1. The van der Waals surface area contributed by atoms with Crippen LogP contribution in [0.25, 0.3) is 11.1 Å². The topological polar surface area (TPSA) is 21.3 Å². The highest BCUT2D eigenvalue weighted by Crippen LogP contribution is 2.30. The van der Waals surface area contributed by atoms with Gasteiger partial charge in [-0.1, -0.05) is 18.2 Å². The predicted molar refractivity (Wildman–Crippen MR) is 85.4 cm³/mol. The largest absolute Gasteiger partial charge is 0.496 e. The summed E-state index contributed by atoms with van der Waals surface area (Å²) in [5, 5.41) is 3.28. The minimum atomic E-state index is 0.357. The van der Waals surface area contributed by atoms with Crippen LogP contribution < -0.4 is 10.1 Å². The van der Waals surface area contributed by atoms with Gasteiger partial charge in [0.1, 0.15) is 5.75 Å². The molecule has 2 aromatic rings. The summed E-state index contributed by atoms with van der Waals surface area (Å²) in [4.78, 5) is 0. The van der Waals surface area contributed by atoms with Crippen LogP contribution in [0.5, 0.6) is 5.75 Å². The molecule has 2 aromatic carbocycles. The van der Waals surface area contributed by atoms with Crippen molar-refractivity contribution < 1.29 is 4.74 Å². The molecular weight excluding hydrogens is 246 g/mol.